The molecule has 0 unspecified atom stereocenters. The number of nitrogens with one attached hydrogen (secondary N) is 2. The lowest BCUT2D eigenvalue weighted by molar-refractivity contribution is 0.599. The Kier molecular flexibility index (Phi) is 6.59. The van der Waals surface area contributed by atoms with Gasteiger partial charge in [0.05, 0.1) is 9.79 Å². The normalized spacial score (nSPS) is 12.1. The molecule has 0 aromatic heterocycles. The Balaban J connectivity index is 1.59. The first kappa shape index (κ1) is 26.6. The fourth-order valence-electron chi connectivity index (χ4n) is 4.28. The van der Waals surface area contributed by atoms with Gasteiger partial charge in [-0.05, 0) is 95.1 Å². The van der Waals surface area contributed by atoms with Crippen molar-refractivity contribution in [1.82, 2.24) is 0 Å². The Labute approximate surface area is 228 Å². The third kappa shape index (κ3) is 4.89. The number of allylic oxidation sites excluding steroid dienone is 1. The molecule has 0 bridgehead atoms. The fourth-order valence-corrected chi connectivity index (χ4v) is 6.45. The first-order chi connectivity index (χ1) is 19.0. The largest absolute Gasteiger partial charge is 0.280 e. The molecule has 0 fully saturated rings. The summed E-state index contributed by atoms with van der Waals surface area (Å²) in [4.78, 5) is -0.385. The second-order valence-electron chi connectivity index (χ2n) is 8.61. The van der Waals surface area contributed by atoms with Gasteiger partial charge in [-0.3, -0.25) is 9.44 Å². The fraction of sp³-hybridized carbons (Fsp3) is 0. The lowest BCUT2D eigenvalue weighted by Gasteiger charge is -2.10. The predicted molar refractivity (Wildman–Crippen MR) is 144 cm³/mol. The van der Waals surface area contributed by atoms with Gasteiger partial charge in [-0.1, -0.05) is 12.1 Å². The molecule has 0 aliphatic heterocycles. The van der Waals surface area contributed by atoms with E-state index in [9.17, 15) is 36.1 Å². The second kappa shape index (κ2) is 9.93. The van der Waals surface area contributed by atoms with Crippen LogP contribution in [0.4, 0.5) is 20.2 Å². The average molecular weight is 575 g/mol. The number of anilines is 2. The van der Waals surface area contributed by atoms with Gasteiger partial charge in [0.2, 0.25) is 0 Å². The van der Waals surface area contributed by atoms with Gasteiger partial charge in [-0.25, -0.2) is 25.6 Å². The van der Waals surface area contributed by atoms with E-state index in [2.05, 4.69) is 9.44 Å². The molecule has 0 radical (unpaired) electrons. The van der Waals surface area contributed by atoms with Gasteiger partial charge < -0.3 is 0 Å². The number of rotatable bonds is 6. The summed E-state index contributed by atoms with van der Waals surface area (Å²) >= 11 is 0. The highest BCUT2D eigenvalue weighted by Crippen LogP contribution is 2.47. The molecule has 0 saturated heterocycles. The highest BCUT2D eigenvalue weighted by atomic mass is 32.2. The molecule has 0 saturated carbocycles. The lowest BCUT2D eigenvalue weighted by Crippen LogP contribution is -2.13. The van der Waals surface area contributed by atoms with Crippen LogP contribution in [0.15, 0.2) is 100 Å². The SMILES string of the molecule is N#CC(C#N)=C1c2cc(S(=O)(=O)Nc3ccc(F)cc3)ccc2-c2ccc(S(=O)(=O)Nc3ccc(F)cc3)cc21. The van der Waals surface area contributed by atoms with Crippen molar-refractivity contribution in [2.45, 2.75) is 9.79 Å². The van der Waals surface area contributed by atoms with Crippen LogP contribution in [0, 0.1) is 34.3 Å². The molecule has 198 valence electrons. The summed E-state index contributed by atoms with van der Waals surface area (Å²) in [6.07, 6.45) is 0. The van der Waals surface area contributed by atoms with Crippen molar-refractivity contribution in [2.24, 2.45) is 0 Å². The molecule has 12 heteroatoms. The molecule has 1 aliphatic rings. The molecule has 8 nitrogen and oxygen atoms in total. The maximum Gasteiger partial charge on any atom is 0.261 e. The van der Waals surface area contributed by atoms with Crippen molar-refractivity contribution >= 4 is 37.0 Å². The lowest BCUT2D eigenvalue weighted by atomic mass is 9.99. The number of nitriles is 2. The van der Waals surface area contributed by atoms with Crippen molar-refractivity contribution < 1.29 is 25.6 Å². The van der Waals surface area contributed by atoms with E-state index < -0.39 is 31.7 Å². The van der Waals surface area contributed by atoms with Crippen LogP contribution < -0.4 is 9.44 Å². The summed E-state index contributed by atoms with van der Waals surface area (Å²) in [5, 5.41) is 19.4. The van der Waals surface area contributed by atoms with E-state index in [1.54, 1.807) is 12.1 Å². The minimum Gasteiger partial charge on any atom is -0.280 e. The molecular formula is C28H16F2N4O4S2. The molecule has 0 atom stereocenters. The zero-order valence-corrected chi connectivity index (χ0v) is 21.8. The molecule has 40 heavy (non-hydrogen) atoms. The Bertz CT molecular complexity index is 1870. The number of hydrogen-bond acceptors (Lipinski definition) is 6. The highest BCUT2D eigenvalue weighted by Gasteiger charge is 2.30. The number of halogens is 2. The average Bonchev–Trinajstić information content (AvgIpc) is 3.25. The van der Waals surface area contributed by atoms with Crippen LogP contribution in [-0.4, -0.2) is 16.8 Å². The van der Waals surface area contributed by atoms with E-state index in [1.165, 1.54) is 60.7 Å². The monoisotopic (exact) mass is 574 g/mol. The van der Waals surface area contributed by atoms with Crippen molar-refractivity contribution in [2.75, 3.05) is 9.44 Å². The highest BCUT2D eigenvalue weighted by molar-refractivity contribution is 7.93. The minimum absolute atomic E-state index is 0.0765. The number of sulfonamides is 2. The van der Waals surface area contributed by atoms with Crippen LogP contribution in [0.1, 0.15) is 11.1 Å². The number of hydrogen-bond donors (Lipinski definition) is 2. The maximum atomic E-state index is 13.2. The quantitative estimate of drug-likeness (QED) is 0.261. The Morgan fingerprint density at radius 3 is 1.30 bits per heavy atom. The zero-order chi connectivity index (χ0) is 28.7. The Hall–Kier alpha value is -5.04. The third-order valence-corrected chi connectivity index (χ3v) is 8.86. The smallest absolute Gasteiger partial charge is 0.261 e. The van der Waals surface area contributed by atoms with Crippen molar-refractivity contribution in [3.05, 3.63) is 113 Å². The predicted octanol–water partition coefficient (Wildman–Crippen LogP) is 5.40. The van der Waals surface area contributed by atoms with E-state index in [0.717, 1.165) is 24.3 Å². The minimum atomic E-state index is -4.16. The van der Waals surface area contributed by atoms with Crippen LogP contribution in [0.25, 0.3) is 16.7 Å². The van der Waals surface area contributed by atoms with Crippen LogP contribution in [-0.2, 0) is 20.0 Å². The summed E-state index contributed by atoms with van der Waals surface area (Å²) in [7, 11) is -8.32. The molecular weight excluding hydrogens is 558 g/mol. The van der Waals surface area contributed by atoms with Crippen LogP contribution in [0.3, 0.4) is 0 Å². The number of fused-ring (bicyclic) bond motifs is 3. The zero-order valence-electron chi connectivity index (χ0n) is 20.2. The molecule has 2 N–H and O–H groups in total. The molecule has 0 spiro atoms. The Morgan fingerprint density at radius 2 is 0.950 bits per heavy atom. The van der Waals surface area contributed by atoms with Crippen LogP contribution >= 0.6 is 0 Å². The van der Waals surface area contributed by atoms with Gasteiger partial charge in [0, 0.05) is 16.9 Å². The van der Waals surface area contributed by atoms with E-state index in [0.29, 0.717) is 11.1 Å². The van der Waals surface area contributed by atoms with E-state index >= 15 is 0 Å². The van der Waals surface area contributed by atoms with Gasteiger partial charge in [-0.2, -0.15) is 10.5 Å². The first-order valence-electron chi connectivity index (χ1n) is 11.4. The third-order valence-electron chi connectivity index (χ3n) is 6.10. The van der Waals surface area contributed by atoms with Gasteiger partial charge in [0.25, 0.3) is 20.0 Å². The van der Waals surface area contributed by atoms with Gasteiger partial charge >= 0.3 is 0 Å². The van der Waals surface area contributed by atoms with E-state index in [1.807, 2.05) is 0 Å². The summed E-state index contributed by atoms with van der Waals surface area (Å²) in [5.74, 6) is -1.08. The van der Waals surface area contributed by atoms with Gasteiger partial charge in [0.1, 0.15) is 29.3 Å². The first-order valence-corrected chi connectivity index (χ1v) is 14.4. The summed E-state index contributed by atoms with van der Waals surface area (Å²) in [6.45, 7) is 0. The van der Waals surface area contributed by atoms with Crippen molar-refractivity contribution in [1.29, 1.82) is 10.5 Å². The van der Waals surface area contributed by atoms with Crippen LogP contribution in [0.2, 0.25) is 0 Å². The second-order valence-corrected chi connectivity index (χ2v) is 12.0. The summed E-state index contributed by atoms with van der Waals surface area (Å²) in [5.41, 5.74) is 1.45. The Morgan fingerprint density at radius 1 is 0.575 bits per heavy atom. The standard InChI is InChI=1S/C28H16F2N4O4S2/c29-18-1-5-20(6-2-18)33-39(35,36)22-9-11-24-25-12-10-23(40(37,38)34-21-7-3-19(30)4-8-21)14-27(25)28(26(24)13-22)17(15-31)16-32/h1-14,33-34H. The molecule has 0 heterocycles. The molecule has 4 aromatic carbocycles. The topological polar surface area (TPSA) is 140 Å². The molecule has 0 amide bonds. The van der Waals surface area contributed by atoms with Gasteiger partial charge in [0.15, 0.2) is 0 Å². The number of nitrogens with zero attached hydrogens (tertiary/aromatic N) is 2. The molecule has 1 aliphatic carbocycles. The van der Waals surface area contributed by atoms with E-state index in [-0.39, 0.29) is 43.4 Å². The van der Waals surface area contributed by atoms with Crippen LogP contribution in [0.5, 0.6) is 0 Å². The number of benzene rings is 4. The van der Waals surface area contributed by atoms with E-state index in [4.69, 9.17) is 0 Å². The summed E-state index contributed by atoms with van der Waals surface area (Å²) in [6, 6.07) is 21.2. The van der Waals surface area contributed by atoms with Gasteiger partial charge in [-0.15, -0.1) is 0 Å². The molecule has 5 rings (SSSR count). The van der Waals surface area contributed by atoms with Crippen molar-refractivity contribution in [3.8, 4) is 23.3 Å². The molecule has 4 aromatic rings. The summed E-state index contributed by atoms with van der Waals surface area (Å²) < 4.78 is 83.6. The maximum absolute atomic E-state index is 13.2. The van der Waals surface area contributed by atoms with Crippen molar-refractivity contribution in [3.63, 3.8) is 0 Å².